The number of nitrogens with two attached hydrogens (primary N) is 1. The lowest BCUT2D eigenvalue weighted by Gasteiger charge is -2.19. The van der Waals surface area contributed by atoms with E-state index in [9.17, 15) is 0 Å². The standard InChI is InChI=1S/C17H22N6S/c1-17(2,3)10-19-9-11-7-13(18)22-14(8-11)23-16-21-12-5-4-6-20-15(12)24-16/h4-8,19H,9-10H2,1-3H3,(H3,18,21,22,23). The van der Waals surface area contributed by atoms with Gasteiger partial charge in [-0.2, -0.15) is 0 Å². The summed E-state index contributed by atoms with van der Waals surface area (Å²) in [5.41, 5.74) is 8.15. The van der Waals surface area contributed by atoms with E-state index in [1.807, 2.05) is 24.3 Å². The minimum Gasteiger partial charge on any atom is -0.384 e. The molecule has 0 radical (unpaired) electrons. The monoisotopic (exact) mass is 342 g/mol. The summed E-state index contributed by atoms with van der Waals surface area (Å²) in [4.78, 5) is 14.1. The van der Waals surface area contributed by atoms with Crippen LogP contribution in [-0.2, 0) is 6.54 Å². The number of nitrogens with one attached hydrogen (secondary N) is 2. The third-order valence-corrected chi connectivity index (χ3v) is 4.19. The van der Waals surface area contributed by atoms with Crippen molar-refractivity contribution >= 4 is 38.5 Å². The number of thiazole rings is 1. The highest BCUT2D eigenvalue weighted by Gasteiger charge is 2.10. The average Bonchev–Trinajstić information content (AvgIpc) is 2.87. The van der Waals surface area contributed by atoms with Crippen molar-refractivity contribution in [1.82, 2.24) is 20.3 Å². The van der Waals surface area contributed by atoms with Crippen LogP contribution in [0, 0.1) is 5.41 Å². The van der Waals surface area contributed by atoms with Crippen molar-refractivity contribution in [3.05, 3.63) is 36.0 Å². The molecule has 0 fully saturated rings. The van der Waals surface area contributed by atoms with Crippen molar-refractivity contribution in [3.63, 3.8) is 0 Å². The van der Waals surface area contributed by atoms with Gasteiger partial charge in [-0.3, -0.25) is 0 Å². The van der Waals surface area contributed by atoms with E-state index in [4.69, 9.17) is 5.73 Å². The zero-order valence-electron chi connectivity index (χ0n) is 14.1. The molecule has 6 nitrogen and oxygen atoms in total. The summed E-state index contributed by atoms with van der Waals surface area (Å²) in [6.07, 6.45) is 1.77. The molecule has 0 aliphatic rings. The number of hydrogen-bond acceptors (Lipinski definition) is 7. The van der Waals surface area contributed by atoms with Gasteiger partial charge >= 0.3 is 0 Å². The van der Waals surface area contributed by atoms with Gasteiger partial charge in [-0.1, -0.05) is 32.1 Å². The Labute approximate surface area is 145 Å². The molecular weight excluding hydrogens is 320 g/mol. The average molecular weight is 342 g/mol. The van der Waals surface area contributed by atoms with Gasteiger partial charge in [0.05, 0.1) is 0 Å². The van der Waals surface area contributed by atoms with Crippen LogP contribution in [0.1, 0.15) is 26.3 Å². The Hall–Kier alpha value is -2.25. The number of fused-ring (bicyclic) bond motifs is 1. The second-order valence-electron chi connectivity index (χ2n) is 6.92. The lowest BCUT2D eigenvalue weighted by atomic mass is 9.97. The molecule has 24 heavy (non-hydrogen) atoms. The molecule has 0 aromatic carbocycles. The van der Waals surface area contributed by atoms with Crippen molar-refractivity contribution in [3.8, 4) is 0 Å². The molecule has 0 spiro atoms. The number of rotatable bonds is 5. The van der Waals surface area contributed by atoms with Gasteiger partial charge < -0.3 is 16.4 Å². The first-order valence-corrected chi connectivity index (χ1v) is 8.66. The first-order valence-electron chi connectivity index (χ1n) is 7.85. The Kier molecular flexibility index (Phi) is 4.64. The molecule has 0 unspecified atom stereocenters. The summed E-state index contributed by atoms with van der Waals surface area (Å²) in [7, 11) is 0. The Balaban J connectivity index is 1.73. The third kappa shape index (κ3) is 4.39. The Morgan fingerprint density at radius 2 is 2.04 bits per heavy atom. The van der Waals surface area contributed by atoms with E-state index in [1.54, 1.807) is 6.20 Å². The maximum atomic E-state index is 5.94. The second-order valence-corrected chi connectivity index (χ2v) is 7.90. The van der Waals surface area contributed by atoms with Gasteiger partial charge in [-0.15, -0.1) is 0 Å². The van der Waals surface area contributed by atoms with Crippen LogP contribution in [0.4, 0.5) is 16.8 Å². The highest BCUT2D eigenvalue weighted by molar-refractivity contribution is 7.21. The van der Waals surface area contributed by atoms with E-state index in [1.165, 1.54) is 11.3 Å². The quantitative estimate of drug-likeness (QED) is 0.657. The van der Waals surface area contributed by atoms with Crippen LogP contribution in [0.5, 0.6) is 0 Å². The maximum Gasteiger partial charge on any atom is 0.190 e. The number of nitrogens with zero attached hydrogens (tertiary/aromatic N) is 3. The van der Waals surface area contributed by atoms with Gasteiger partial charge in [0.1, 0.15) is 22.0 Å². The summed E-state index contributed by atoms with van der Waals surface area (Å²) < 4.78 is 0. The van der Waals surface area contributed by atoms with Crippen LogP contribution in [-0.4, -0.2) is 21.5 Å². The largest absolute Gasteiger partial charge is 0.384 e. The van der Waals surface area contributed by atoms with E-state index >= 15 is 0 Å². The molecule has 3 aromatic heterocycles. The predicted octanol–water partition coefficient (Wildman–Crippen LogP) is 3.55. The highest BCUT2D eigenvalue weighted by atomic mass is 32.1. The van der Waals surface area contributed by atoms with Gasteiger partial charge in [0, 0.05) is 19.3 Å². The van der Waals surface area contributed by atoms with E-state index in [2.05, 4.69) is 46.4 Å². The van der Waals surface area contributed by atoms with Crippen LogP contribution in [0.25, 0.3) is 10.3 Å². The number of aromatic nitrogens is 3. The Morgan fingerprint density at radius 1 is 1.21 bits per heavy atom. The zero-order valence-corrected chi connectivity index (χ0v) is 14.9. The predicted molar refractivity (Wildman–Crippen MR) is 101 cm³/mol. The van der Waals surface area contributed by atoms with Crippen molar-refractivity contribution in [1.29, 1.82) is 0 Å². The van der Waals surface area contributed by atoms with E-state index in [0.717, 1.165) is 34.1 Å². The third-order valence-electron chi connectivity index (χ3n) is 3.29. The van der Waals surface area contributed by atoms with Gasteiger partial charge in [0.25, 0.3) is 0 Å². The number of nitrogen functional groups attached to an aromatic ring is 1. The topological polar surface area (TPSA) is 88.8 Å². The molecule has 0 bridgehead atoms. The van der Waals surface area contributed by atoms with Gasteiger partial charge in [0.2, 0.25) is 0 Å². The normalized spacial score (nSPS) is 11.8. The molecule has 3 heterocycles. The van der Waals surface area contributed by atoms with Gasteiger partial charge in [-0.25, -0.2) is 15.0 Å². The summed E-state index contributed by atoms with van der Waals surface area (Å²) in [6, 6.07) is 7.70. The molecule has 0 amide bonds. The van der Waals surface area contributed by atoms with Crippen LogP contribution in [0.15, 0.2) is 30.5 Å². The van der Waals surface area contributed by atoms with Crippen LogP contribution in [0.2, 0.25) is 0 Å². The molecule has 3 aromatic rings. The number of anilines is 3. The fraction of sp³-hybridized carbons (Fsp3) is 0.353. The van der Waals surface area contributed by atoms with Crippen molar-refractivity contribution in [2.75, 3.05) is 17.6 Å². The summed E-state index contributed by atoms with van der Waals surface area (Å²) in [5.74, 6) is 1.19. The summed E-state index contributed by atoms with van der Waals surface area (Å²) in [6.45, 7) is 8.29. The number of pyridine rings is 2. The SMILES string of the molecule is CC(C)(C)CNCc1cc(N)nc(Nc2nc3cccnc3s2)c1. The summed E-state index contributed by atoms with van der Waals surface area (Å²) >= 11 is 1.50. The van der Waals surface area contributed by atoms with E-state index < -0.39 is 0 Å². The van der Waals surface area contributed by atoms with Crippen LogP contribution < -0.4 is 16.4 Å². The lowest BCUT2D eigenvalue weighted by molar-refractivity contribution is 0.379. The molecule has 0 saturated carbocycles. The fourth-order valence-corrected chi connectivity index (χ4v) is 3.11. The first-order chi connectivity index (χ1) is 11.4. The molecule has 4 N–H and O–H groups in total. The molecule has 0 atom stereocenters. The van der Waals surface area contributed by atoms with E-state index in [-0.39, 0.29) is 5.41 Å². The molecule has 0 aliphatic heterocycles. The van der Waals surface area contributed by atoms with Crippen LogP contribution >= 0.6 is 11.3 Å². The fourth-order valence-electron chi connectivity index (χ4n) is 2.29. The minimum atomic E-state index is 0.244. The zero-order chi connectivity index (χ0) is 17.2. The second kappa shape index (κ2) is 6.70. The molecule has 0 saturated heterocycles. The highest BCUT2D eigenvalue weighted by Crippen LogP contribution is 2.26. The molecule has 126 valence electrons. The Bertz CT molecular complexity index is 803. The van der Waals surface area contributed by atoms with Crippen LogP contribution in [0.3, 0.4) is 0 Å². The van der Waals surface area contributed by atoms with E-state index in [0.29, 0.717) is 11.6 Å². The molecule has 7 heteroatoms. The smallest absolute Gasteiger partial charge is 0.190 e. The van der Waals surface area contributed by atoms with Crippen molar-refractivity contribution in [2.45, 2.75) is 27.3 Å². The molecule has 0 aliphatic carbocycles. The summed E-state index contributed by atoms with van der Waals surface area (Å²) in [5, 5.41) is 7.44. The van der Waals surface area contributed by atoms with Crippen molar-refractivity contribution < 1.29 is 0 Å². The maximum absolute atomic E-state index is 5.94. The molecule has 3 rings (SSSR count). The van der Waals surface area contributed by atoms with Crippen molar-refractivity contribution in [2.24, 2.45) is 5.41 Å². The molecular formula is C17H22N6S. The Morgan fingerprint density at radius 3 is 2.79 bits per heavy atom. The van der Waals surface area contributed by atoms with Gasteiger partial charge in [-0.05, 0) is 35.2 Å². The lowest BCUT2D eigenvalue weighted by Crippen LogP contribution is -2.26. The first kappa shape index (κ1) is 16.6. The minimum absolute atomic E-state index is 0.244. The number of hydrogen-bond donors (Lipinski definition) is 3. The van der Waals surface area contributed by atoms with Gasteiger partial charge in [0.15, 0.2) is 5.13 Å².